The Bertz CT molecular complexity index is 2820. The SMILES string of the molecule is Cc1ncsc1-c1ccc(CNC(=O)[C@@H]2C[C@@H](O)CN2C(=O)[C@@H](NC(=O)C2CC3(C2)CN(C2CCN(c4cnc(N5C6CCC5CN(c5cc(-c7ccccc7O)nnc5N)C6)nc4)CC2)C3)C(C)(C)C)cc1. The molecule has 6 N–H and O–H groups in total. The Labute approximate surface area is 430 Å². The van der Waals surface area contributed by atoms with E-state index >= 15 is 0 Å². The van der Waals surface area contributed by atoms with Crippen LogP contribution in [0.1, 0.15) is 77.0 Å². The molecule has 11 rings (SSSR count). The van der Waals surface area contributed by atoms with E-state index in [4.69, 9.17) is 15.7 Å². The van der Waals surface area contributed by atoms with Crippen LogP contribution in [0.25, 0.3) is 21.7 Å². The molecule has 5 saturated heterocycles. The number of rotatable bonds is 12. The number of nitrogen functional groups attached to an aromatic ring is 1. The van der Waals surface area contributed by atoms with Crippen LogP contribution in [-0.4, -0.2) is 145 Å². The highest BCUT2D eigenvalue weighted by molar-refractivity contribution is 7.13. The molecule has 2 bridgehead atoms. The van der Waals surface area contributed by atoms with Crippen molar-refractivity contribution in [2.24, 2.45) is 16.7 Å². The summed E-state index contributed by atoms with van der Waals surface area (Å²) in [7, 11) is 0. The minimum absolute atomic E-state index is 0.0400. The molecule has 1 saturated carbocycles. The van der Waals surface area contributed by atoms with Gasteiger partial charge < -0.3 is 46.2 Å². The fraction of sp³-hybridized carbons (Fsp3) is 0.519. The number of para-hydroxylation sites is 1. The van der Waals surface area contributed by atoms with Gasteiger partial charge in [-0.15, -0.1) is 21.5 Å². The van der Waals surface area contributed by atoms with Crippen molar-refractivity contribution in [3.05, 3.63) is 83.8 Å². The number of piperidine rings is 1. The Morgan fingerprint density at radius 3 is 2.23 bits per heavy atom. The average molecular weight is 1010 g/mol. The smallest absolute Gasteiger partial charge is 0.246 e. The number of nitrogens with zero attached hydrogens (tertiary/aromatic N) is 10. The number of aliphatic hydroxyl groups is 1. The molecule has 3 aromatic heterocycles. The third kappa shape index (κ3) is 9.66. The standard InChI is InChI=1S/C54H67N13O5S/c1-32-46(73-31-59-32)34-11-9-33(10-12-34)23-56-50(71)44-19-40(68)28-66(44)51(72)47(53(2,3)4)60-49(70)35-21-54(22-35)29-65(30-54)36-15-17-63(18-16-36)39-24-57-52(58-25-39)67-37-13-14-38(67)27-64(26-37)43-20-42(61-62-48(43)55)41-7-5-6-8-45(41)69/h5-12,20,24-25,31,35-38,40,44,47,68-69H,13-19,21-23,26-30H2,1-4H3,(H2,55,62)(H,56,71)(H,60,70)/t37?,38?,40-,44+,47-/m1/s1. The highest BCUT2D eigenvalue weighted by Crippen LogP contribution is 2.53. The van der Waals surface area contributed by atoms with E-state index in [1.54, 1.807) is 23.5 Å². The molecular formula is C54H67N13O5S. The number of hydrogen-bond acceptors (Lipinski definition) is 16. The Morgan fingerprint density at radius 1 is 0.877 bits per heavy atom. The summed E-state index contributed by atoms with van der Waals surface area (Å²) in [5, 5.41) is 35.8. The molecule has 1 aliphatic carbocycles. The van der Waals surface area contributed by atoms with E-state index in [0.717, 1.165) is 117 Å². The molecule has 18 nitrogen and oxygen atoms in total. The van der Waals surface area contributed by atoms with Crippen LogP contribution in [-0.2, 0) is 20.9 Å². The van der Waals surface area contributed by atoms with Crippen molar-refractivity contribution in [2.45, 2.75) is 115 Å². The number of aryl methyl sites for hydroxylation is 1. The Kier molecular flexibility index (Phi) is 13.0. The Balaban J connectivity index is 0.631. The van der Waals surface area contributed by atoms with Crippen molar-refractivity contribution in [3.8, 4) is 27.4 Å². The zero-order chi connectivity index (χ0) is 50.8. The largest absolute Gasteiger partial charge is 0.507 e. The number of anilines is 4. The Hall–Kier alpha value is -6.44. The lowest BCUT2D eigenvalue weighted by atomic mass is 9.57. The fourth-order valence-corrected chi connectivity index (χ4v) is 13.3. The number of likely N-dealkylation sites (tertiary alicyclic amines) is 2. The molecular weight excluding hydrogens is 943 g/mol. The minimum Gasteiger partial charge on any atom is -0.507 e. The summed E-state index contributed by atoms with van der Waals surface area (Å²) in [6, 6.07) is 16.3. The number of phenolic OH excluding ortho intramolecular Hbond substituents is 1. The molecule has 1 spiro atoms. The normalized spacial score (nSPS) is 23.6. The minimum atomic E-state index is -0.848. The van der Waals surface area contributed by atoms with Gasteiger partial charge in [-0.1, -0.05) is 57.2 Å². The lowest BCUT2D eigenvalue weighted by Gasteiger charge is -2.61. The number of carbonyl (C=O) groups excluding carboxylic acids is 3. The second-order valence-corrected chi connectivity index (χ2v) is 23.4. The maximum absolute atomic E-state index is 14.3. The molecule has 5 aliphatic heterocycles. The van der Waals surface area contributed by atoms with Gasteiger partial charge in [0.25, 0.3) is 0 Å². The highest BCUT2D eigenvalue weighted by atomic mass is 32.1. The van der Waals surface area contributed by atoms with Crippen LogP contribution < -0.4 is 31.1 Å². The molecule has 5 aromatic rings. The number of aromatic hydroxyl groups is 1. The Morgan fingerprint density at radius 2 is 1.58 bits per heavy atom. The molecule has 3 amide bonds. The number of aliphatic hydroxyl groups excluding tert-OH is 1. The maximum atomic E-state index is 14.3. The molecule has 5 atom stereocenters. The highest BCUT2D eigenvalue weighted by Gasteiger charge is 2.56. The van der Waals surface area contributed by atoms with Gasteiger partial charge >= 0.3 is 0 Å². The summed E-state index contributed by atoms with van der Waals surface area (Å²) in [5.74, 6) is 0.354. The summed E-state index contributed by atoms with van der Waals surface area (Å²) in [6.45, 7) is 13.4. The third-order valence-corrected chi connectivity index (χ3v) is 17.5. The number of nitrogens with two attached hydrogens (primary N) is 1. The maximum Gasteiger partial charge on any atom is 0.246 e. The number of thiazole rings is 1. The van der Waals surface area contributed by atoms with Crippen molar-refractivity contribution in [3.63, 3.8) is 0 Å². The summed E-state index contributed by atoms with van der Waals surface area (Å²) >= 11 is 1.59. The first-order chi connectivity index (χ1) is 35.1. The van der Waals surface area contributed by atoms with Gasteiger partial charge in [0.15, 0.2) is 5.82 Å². The average Bonchev–Trinajstić information content (AvgIpc) is 4.05. The van der Waals surface area contributed by atoms with Crippen LogP contribution in [0, 0.1) is 23.7 Å². The number of aromatic nitrogens is 5. The first-order valence-corrected chi connectivity index (χ1v) is 26.8. The van der Waals surface area contributed by atoms with Crippen LogP contribution in [0.3, 0.4) is 0 Å². The molecule has 8 heterocycles. The van der Waals surface area contributed by atoms with Crippen LogP contribution in [0.4, 0.5) is 23.1 Å². The van der Waals surface area contributed by atoms with Gasteiger partial charge in [0.1, 0.15) is 17.8 Å². The second-order valence-electron chi connectivity index (χ2n) is 22.6. The van der Waals surface area contributed by atoms with Crippen LogP contribution in [0.15, 0.2) is 72.5 Å². The van der Waals surface area contributed by atoms with Gasteiger partial charge in [0.2, 0.25) is 23.7 Å². The molecule has 19 heteroatoms. The zero-order valence-electron chi connectivity index (χ0n) is 42.2. The van der Waals surface area contributed by atoms with E-state index in [0.29, 0.717) is 23.1 Å². The summed E-state index contributed by atoms with van der Waals surface area (Å²) < 4.78 is 0. The molecule has 6 aliphatic rings. The summed E-state index contributed by atoms with van der Waals surface area (Å²) in [5.41, 5.74) is 13.8. The number of carbonyl (C=O) groups is 3. The number of amides is 3. The van der Waals surface area contributed by atoms with Crippen LogP contribution in [0.5, 0.6) is 5.75 Å². The van der Waals surface area contributed by atoms with E-state index in [2.05, 4.69) is 45.4 Å². The molecule has 73 heavy (non-hydrogen) atoms. The van der Waals surface area contributed by atoms with Gasteiger partial charge in [-0.25, -0.2) is 15.0 Å². The number of benzene rings is 2. The first-order valence-electron chi connectivity index (χ1n) is 25.9. The van der Waals surface area contributed by atoms with Gasteiger partial charge in [0, 0.05) is 88.4 Å². The first kappa shape index (κ1) is 48.8. The lowest BCUT2D eigenvalue weighted by Crippen LogP contribution is -2.67. The number of hydrogen-bond donors (Lipinski definition) is 5. The number of fused-ring (bicyclic) bond motifs is 2. The van der Waals surface area contributed by atoms with Crippen molar-refractivity contribution in [1.82, 2.24) is 45.6 Å². The van der Waals surface area contributed by atoms with E-state index < -0.39 is 23.6 Å². The quantitative estimate of drug-likeness (QED) is 0.111. The van der Waals surface area contributed by atoms with Gasteiger partial charge in [-0.3, -0.25) is 19.3 Å². The van der Waals surface area contributed by atoms with Crippen LogP contribution >= 0.6 is 11.3 Å². The van der Waals surface area contributed by atoms with E-state index in [1.807, 2.05) is 88.1 Å². The number of β-amino-alcohol motifs (C(OH)–C–C–N with tert-alkyl or cyclic N) is 1. The predicted molar refractivity (Wildman–Crippen MR) is 281 cm³/mol. The molecule has 384 valence electrons. The molecule has 2 aromatic carbocycles. The monoisotopic (exact) mass is 1010 g/mol. The third-order valence-electron chi connectivity index (χ3n) is 16.5. The zero-order valence-corrected chi connectivity index (χ0v) is 43.0. The second kappa shape index (κ2) is 19.4. The van der Waals surface area contributed by atoms with Crippen molar-refractivity contribution >= 4 is 52.2 Å². The topological polar surface area (TPSA) is 222 Å². The summed E-state index contributed by atoms with van der Waals surface area (Å²) in [4.78, 5) is 68.2. The summed E-state index contributed by atoms with van der Waals surface area (Å²) in [6.07, 6.45) is 9.04. The molecule has 6 fully saturated rings. The number of phenols is 1. The van der Waals surface area contributed by atoms with Crippen molar-refractivity contribution in [2.75, 3.05) is 66.2 Å². The molecule has 2 unspecified atom stereocenters. The van der Waals surface area contributed by atoms with E-state index in [1.165, 1.54) is 4.90 Å². The van der Waals surface area contributed by atoms with Gasteiger partial charge in [0.05, 0.1) is 51.6 Å². The molecule has 0 radical (unpaired) electrons. The fourth-order valence-electron chi connectivity index (χ4n) is 12.5. The van der Waals surface area contributed by atoms with E-state index in [9.17, 15) is 24.6 Å². The predicted octanol–water partition coefficient (Wildman–Crippen LogP) is 5.00. The lowest BCUT2D eigenvalue weighted by molar-refractivity contribution is -0.154. The van der Waals surface area contributed by atoms with Gasteiger partial charge in [-0.2, -0.15) is 0 Å². The number of nitrogens with one attached hydrogen (secondary N) is 2. The van der Waals surface area contributed by atoms with Crippen LogP contribution in [0.2, 0.25) is 0 Å². The van der Waals surface area contributed by atoms with Crippen molar-refractivity contribution in [1.29, 1.82) is 0 Å². The van der Waals surface area contributed by atoms with E-state index in [-0.39, 0.29) is 66.4 Å². The van der Waals surface area contributed by atoms with Gasteiger partial charge in [-0.05, 0) is 85.6 Å². The number of piperazine rings is 1. The van der Waals surface area contributed by atoms with Crippen molar-refractivity contribution < 1.29 is 24.6 Å².